The number of anilines is 3. The van der Waals surface area contributed by atoms with Gasteiger partial charge < -0.3 is 11.1 Å². The Hall–Kier alpha value is -2.21. The minimum absolute atomic E-state index is 0.0803. The summed E-state index contributed by atoms with van der Waals surface area (Å²) in [5.41, 5.74) is 7.34. The topological polar surface area (TPSA) is 81.2 Å². The van der Waals surface area contributed by atoms with E-state index in [0.717, 1.165) is 11.4 Å². The molecule has 0 amide bonds. The van der Waals surface area contributed by atoms with Gasteiger partial charge in [0.15, 0.2) is 0 Å². The summed E-state index contributed by atoms with van der Waals surface area (Å²) in [5.74, 6) is 0. The molecule has 0 spiro atoms. The van der Waals surface area contributed by atoms with Crippen molar-refractivity contribution < 1.29 is 4.92 Å². The van der Waals surface area contributed by atoms with Gasteiger partial charge in [0.05, 0.1) is 4.92 Å². The lowest BCUT2D eigenvalue weighted by Crippen LogP contribution is -1.97. The molecule has 0 aliphatic carbocycles. The summed E-state index contributed by atoms with van der Waals surface area (Å²) < 4.78 is 0. The van der Waals surface area contributed by atoms with Crippen molar-refractivity contribution >= 4 is 34.5 Å². The van der Waals surface area contributed by atoms with Gasteiger partial charge in [0, 0.05) is 22.3 Å². The Morgan fingerprint density at radius 2 is 1.79 bits per heavy atom. The fourth-order valence-corrected chi connectivity index (χ4v) is 2.05. The molecule has 2 rings (SSSR count). The number of nitrogens with one attached hydrogen (secondary N) is 1. The molecule has 2 aromatic rings. The fraction of sp³-hybridized carbons (Fsp3) is 0.0769. The summed E-state index contributed by atoms with van der Waals surface area (Å²) in [5, 5.41) is 13.8. The second-order valence-electron chi connectivity index (χ2n) is 3.88. The molecule has 19 heavy (non-hydrogen) atoms. The van der Waals surface area contributed by atoms with E-state index in [1.807, 2.05) is 30.5 Å². The van der Waals surface area contributed by atoms with Gasteiger partial charge in [-0.05, 0) is 42.7 Å². The van der Waals surface area contributed by atoms with Crippen molar-refractivity contribution in [3.63, 3.8) is 0 Å². The van der Waals surface area contributed by atoms with E-state index < -0.39 is 4.92 Å². The molecule has 5 nitrogen and oxygen atoms in total. The molecular weight excluding hydrogens is 262 g/mol. The molecule has 3 N–H and O–H groups in total. The van der Waals surface area contributed by atoms with E-state index in [1.54, 1.807) is 23.9 Å². The molecule has 0 radical (unpaired) electrons. The monoisotopic (exact) mass is 275 g/mol. The highest BCUT2D eigenvalue weighted by Gasteiger charge is 2.10. The third-order valence-corrected chi connectivity index (χ3v) is 3.35. The molecule has 0 heterocycles. The van der Waals surface area contributed by atoms with Crippen LogP contribution in [0.3, 0.4) is 0 Å². The molecule has 0 aliphatic heterocycles. The molecule has 0 aromatic heterocycles. The molecule has 2 aromatic carbocycles. The van der Waals surface area contributed by atoms with Crippen LogP contribution in [-0.2, 0) is 0 Å². The number of rotatable bonds is 4. The van der Waals surface area contributed by atoms with Crippen LogP contribution in [0.1, 0.15) is 0 Å². The molecule has 0 saturated carbocycles. The standard InChI is InChI=1S/C13H13N3O2S/c1-19-11-5-2-9(3-6-11)15-10-4-7-13(16(17)18)12(14)8-10/h2-8,15H,14H2,1H3. The summed E-state index contributed by atoms with van der Waals surface area (Å²) >= 11 is 1.67. The fourth-order valence-electron chi connectivity index (χ4n) is 1.64. The highest BCUT2D eigenvalue weighted by molar-refractivity contribution is 7.98. The Labute approximate surface area is 115 Å². The van der Waals surface area contributed by atoms with E-state index in [0.29, 0.717) is 0 Å². The molecule has 0 aliphatic rings. The normalized spacial score (nSPS) is 10.2. The number of nitro benzene ring substituents is 1. The second-order valence-corrected chi connectivity index (χ2v) is 4.76. The van der Waals surface area contributed by atoms with Gasteiger partial charge in [-0.1, -0.05) is 0 Å². The van der Waals surface area contributed by atoms with Gasteiger partial charge in [-0.2, -0.15) is 0 Å². The highest BCUT2D eigenvalue weighted by Crippen LogP contribution is 2.27. The van der Waals surface area contributed by atoms with Gasteiger partial charge in [-0.3, -0.25) is 10.1 Å². The molecule has 0 atom stereocenters. The van der Waals surface area contributed by atoms with Crippen molar-refractivity contribution in [2.45, 2.75) is 4.90 Å². The van der Waals surface area contributed by atoms with Crippen LogP contribution in [-0.4, -0.2) is 11.2 Å². The Kier molecular flexibility index (Phi) is 3.91. The number of nitrogens with two attached hydrogens (primary N) is 1. The van der Waals surface area contributed by atoms with Gasteiger partial charge >= 0.3 is 0 Å². The molecule has 98 valence electrons. The van der Waals surface area contributed by atoms with E-state index >= 15 is 0 Å². The third-order valence-electron chi connectivity index (χ3n) is 2.60. The Balaban J connectivity index is 2.18. The maximum Gasteiger partial charge on any atom is 0.292 e. The van der Waals surface area contributed by atoms with Gasteiger partial charge in [-0.15, -0.1) is 11.8 Å². The van der Waals surface area contributed by atoms with Crippen LogP contribution in [0.25, 0.3) is 0 Å². The van der Waals surface area contributed by atoms with Crippen LogP contribution in [0.2, 0.25) is 0 Å². The van der Waals surface area contributed by atoms with Gasteiger partial charge in [0.2, 0.25) is 0 Å². The predicted octanol–water partition coefficient (Wildman–Crippen LogP) is 3.64. The first kappa shape index (κ1) is 13.2. The molecule has 0 unspecified atom stereocenters. The van der Waals surface area contributed by atoms with E-state index in [4.69, 9.17) is 5.73 Å². The summed E-state index contributed by atoms with van der Waals surface area (Å²) in [6, 6.07) is 12.5. The average molecular weight is 275 g/mol. The van der Waals surface area contributed by atoms with Crippen molar-refractivity contribution in [2.75, 3.05) is 17.3 Å². The second kappa shape index (κ2) is 5.62. The number of nitrogen functional groups attached to an aromatic ring is 1. The quantitative estimate of drug-likeness (QED) is 0.385. The van der Waals surface area contributed by atoms with Gasteiger partial charge in [-0.25, -0.2) is 0 Å². The predicted molar refractivity (Wildman–Crippen MR) is 79.0 cm³/mol. The van der Waals surface area contributed by atoms with Crippen molar-refractivity contribution in [3.05, 3.63) is 52.6 Å². The Morgan fingerprint density at radius 3 is 2.32 bits per heavy atom. The molecule has 0 saturated heterocycles. The smallest absolute Gasteiger partial charge is 0.292 e. The summed E-state index contributed by atoms with van der Waals surface area (Å²) in [6.07, 6.45) is 2.01. The SMILES string of the molecule is CSc1ccc(Nc2ccc([N+](=O)[O-])c(N)c2)cc1. The number of hydrogen-bond donors (Lipinski definition) is 2. The lowest BCUT2D eigenvalue weighted by atomic mass is 10.2. The highest BCUT2D eigenvalue weighted by atomic mass is 32.2. The number of nitrogens with zero attached hydrogens (tertiary/aromatic N) is 1. The number of nitro groups is 1. The minimum Gasteiger partial charge on any atom is -0.393 e. The molecule has 6 heteroatoms. The van der Waals surface area contributed by atoms with Crippen LogP contribution in [0.5, 0.6) is 0 Å². The first-order valence-corrected chi connectivity index (χ1v) is 6.77. The Morgan fingerprint density at radius 1 is 1.16 bits per heavy atom. The number of hydrogen-bond acceptors (Lipinski definition) is 5. The molecular formula is C13H13N3O2S. The maximum atomic E-state index is 10.7. The van der Waals surface area contributed by atoms with Crippen LogP contribution in [0, 0.1) is 10.1 Å². The van der Waals surface area contributed by atoms with Gasteiger partial charge in [0.1, 0.15) is 5.69 Å². The van der Waals surface area contributed by atoms with E-state index in [2.05, 4.69) is 5.32 Å². The zero-order valence-corrected chi connectivity index (χ0v) is 11.1. The number of thioether (sulfide) groups is 1. The minimum atomic E-state index is -0.494. The Bertz CT molecular complexity index is 599. The maximum absolute atomic E-state index is 10.7. The summed E-state index contributed by atoms with van der Waals surface area (Å²) in [7, 11) is 0. The zero-order valence-electron chi connectivity index (χ0n) is 10.3. The van der Waals surface area contributed by atoms with Crippen molar-refractivity contribution in [3.8, 4) is 0 Å². The van der Waals surface area contributed by atoms with Crippen molar-refractivity contribution in [1.29, 1.82) is 0 Å². The van der Waals surface area contributed by atoms with E-state index in [1.165, 1.54) is 11.0 Å². The van der Waals surface area contributed by atoms with E-state index in [-0.39, 0.29) is 11.4 Å². The lowest BCUT2D eigenvalue weighted by molar-refractivity contribution is -0.383. The van der Waals surface area contributed by atoms with Crippen LogP contribution >= 0.6 is 11.8 Å². The largest absolute Gasteiger partial charge is 0.393 e. The van der Waals surface area contributed by atoms with Crippen LogP contribution in [0.4, 0.5) is 22.7 Å². The summed E-state index contributed by atoms with van der Waals surface area (Å²) in [6.45, 7) is 0. The van der Waals surface area contributed by atoms with Crippen molar-refractivity contribution in [1.82, 2.24) is 0 Å². The first-order chi connectivity index (χ1) is 9.10. The average Bonchev–Trinajstić information content (AvgIpc) is 2.39. The summed E-state index contributed by atoms with van der Waals surface area (Å²) in [4.78, 5) is 11.3. The van der Waals surface area contributed by atoms with Crippen molar-refractivity contribution in [2.24, 2.45) is 0 Å². The lowest BCUT2D eigenvalue weighted by Gasteiger charge is -2.08. The number of benzene rings is 2. The van der Waals surface area contributed by atoms with Crippen LogP contribution < -0.4 is 11.1 Å². The zero-order chi connectivity index (χ0) is 13.8. The third kappa shape index (κ3) is 3.17. The first-order valence-electron chi connectivity index (χ1n) is 5.55. The van der Waals surface area contributed by atoms with Gasteiger partial charge in [0.25, 0.3) is 5.69 Å². The molecule has 0 fully saturated rings. The van der Waals surface area contributed by atoms with Crippen LogP contribution in [0.15, 0.2) is 47.4 Å². The van der Waals surface area contributed by atoms with E-state index in [9.17, 15) is 10.1 Å². The molecule has 0 bridgehead atoms.